The number of ether oxygens (including phenoxy) is 1. The van der Waals surface area contributed by atoms with Crippen molar-refractivity contribution in [2.45, 2.75) is 6.18 Å². The molecule has 21 heavy (non-hydrogen) atoms. The molecule has 7 heteroatoms. The summed E-state index contributed by atoms with van der Waals surface area (Å²) in [5, 5.41) is 0. The largest absolute Gasteiger partial charge is 0.455 e. The van der Waals surface area contributed by atoms with Crippen LogP contribution in [0.15, 0.2) is 47.7 Å². The Kier molecular flexibility index (Phi) is 4.02. The maximum Gasteiger partial charge on any atom is 0.420 e. The number of pyridine rings is 1. The molecular formula is C14H9F3N2O2. The van der Waals surface area contributed by atoms with E-state index >= 15 is 0 Å². The smallest absolute Gasteiger partial charge is 0.420 e. The van der Waals surface area contributed by atoms with E-state index in [0.29, 0.717) is 6.07 Å². The van der Waals surface area contributed by atoms with E-state index in [1.165, 1.54) is 30.6 Å². The summed E-state index contributed by atoms with van der Waals surface area (Å²) in [4.78, 5) is 18.2. The van der Waals surface area contributed by atoms with Crippen LogP contribution < -0.4 is 4.74 Å². The molecule has 1 heterocycles. The third kappa shape index (κ3) is 3.44. The van der Waals surface area contributed by atoms with Gasteiger partial charge in [0.1, 0.15) is 11.5 Å². The van der Waals surface area contributed by atoms with Crippen molar-refractivity contribution in [2.75, 3.05) is 0 Å². The normalized spacial score (nSPS) is 11.0. The molecule has 1 amide bonds. The molecule has 0 unspecified atom stereocenters. The number of carbonyl (C=O) groups excluding carboxylic acids is 1. The Labute approximate surface area is 117 Å². The summed E-state index contributed by atoms with van der Waals surface area (Å²) in [6.45, 7) is 3.00. The number of rotatable bonds is 3. The first kappa shape index (κ1) is 14.7. The Morgan fingerprint density at radius 3 is 2.62 bits per heavy atom. The zero-order valence-corrected chi connectivity index (χ0v) is 10.6. The van der Waals surface area contributed by atoms with E-state index in [1.807, 2.05) is 0 Å². The predicted octanol–water partition coefficient (Wildman–Crippen LogP) is 3.73. The van der Waals surface area contributed by atoms with Gasteiger partial charge in [-0.3, -0.25) is 9.78 Å². The molecule has 4 nitrogen and oxygen atoms in total. The summed E-state index contributed by atoms with van der Waals surface area (Å²) in [7, 11) is 0. The highest BCUT2D eigenvalue weighted by Gasteiger charge is 2.35. The molecule has 0 aliphatic carbocycles. The van der Waals surface area contributed by atoms with Gasteiger partial charge in [0.25, 0.3) is 5.91 Å². The molecule has 1 aromatic carbocycles. The lowest BCUT2D eigenvalue weighted by Gasteiger charge is -2.14. The van der Waals surface area contributed by atoms with E-state index in [4.69, 9.17) is 4.74 Å². The molecule has 0 bridgehead atoms. The van der Waals surface area contributed by atoms with Crippen molar-refractivity contribution in [3.8, 4) is 11.5 Å². The Morgan fingerprint density at radius 1 is 1.29 bits per heavy atom. The maximum atomic E-state index is 13.0. The Morgan fingerprint density at radius 2 is 2.05 bits per heavy atom. The Balaban J connectivity index is 2.45. The lowest BCUT2D eigenvalue weighted by atomic mass is 10.1. The van der Waals surface area contributed by atoms with Gasteiger partial charge in [0.15, 0.2) is 0 Å². The summed E-state index contributed by atoms with van der Waals surface area (Å²) in [5.74, 6) is -1.10. The van der Waals surface area contributed by atoms with Crippen molar-refractivity contribution in [1.82, 2.24) is 4.98 Å². The van der Waals surface area contributed by atoms with E-state index in [-0.39, 0.29) is 11.3 Å². The minimum absolute atomic E-state index is 0.156. The summed E-state index contributed by atoms with van der Waals surface area (Å²) in [6.07, 6.45) is -1.92. The van der Waals surface area contributed by atoms with Crippen LogP contribution in [0, 0.1) is 0 Å². The van der Waals surface area contributed by atoms with E-state index in [2.05, 4.69) is 16.7 Å². The van der Waals surface area contributed by atoms with Crippen LogP contribution >= 0.6 is 0 Å². The molecule has 0 aliphatic heterocycles. The molecule has 0 fully saturated rings. The molecule has 0 spiro atoms. The SMILES string of the molecule is C=NC(=O)c1ccc(Oc2cccnc2)c(C(F)(F)F)c1. The predicted molar refractivity (Wildman–Crippen MR) is 69.6 cm³/mol. The molecule has 0 saturated carbocycles. The van der Waals surface area contributed by atoms with Crippen LogP contribution in [0.3, 0.4) is 0 Å². The van der Waals surface area contributed by atoms with Gasteiger partial charge in [0.2, 0.25) is 0 Å². The first-order valence-electron chi connectivity index (χ1n) is 5.72. The average molecular weight is 294 g/mol. The lowest BCUT2D eigenvalue weighted by Crippen LogP contribution is -2.09. The molecule has 0 atom stereocenters. The van der Waals surface area contributed by atoms with Crippen molar-refractivity contribution >= 4 is 12.6 Å². The highest BCUT2D eigenvalue weighted by molar-refractivity contribution is 5.97. The van der Waals surface area contributed by atoms with Gasteiger partial charge in [-0.05, 0) is 37.0 Å². The number of amides is 1. The van der Waals surface area contributed by atoms with Crippen LogP contribution in [0.25, 0.3) is 0 Å². The monoisotopic (exact) mass is 294 g/mol. The number of benzene rings is 1. The number of hydrogen-bond acceptors (Lipinski definition) is 3. The fraction of sp³-hybridized carbons (Fsp3) is 0.0714. The number of aliphatic imine (C=N–C) groups is 1. The summed E-state index contributed by atoms with van der Waals surface area (Å²) < 4.78 is 44.3. The van der Waals surface area contributed by atoms with Crippen LogP contribution in [-0.2, 0) is 6.18 Å². The zero-order chi connectivity index (χ0) is 15.5. The summed E-state index contributed by atoms with van der Waals surface area (Å²) in [5.41, 5.74) is -1.28. The van der Waals surface area contributed by atoms with E-state index in [9.17, 15) is 18.0 Å². The van der Waals surface area contributed by atoms with Crippen molar-refractivity contribution < 1.29 is 22.7 Å². The lowest BCUT2D eigenvalue weighted by molar-refractivity contribution is -0.138. The van der Waals surface area contributed by atoms with Crippen LogP contribution in [0.1, 0.15) is 15.9 Å². The van der Waals surface area contributed by atoms with Gasteiger partial charge in [-0.2, -0.15) is 13.2 Å². The third-order valence-corrected chi connectivity index (χ3v) is 2.54. The number of carbonyl (C=O) groups is 1. The van der Waals surface area contributed by atoms with Crippen LogP contribution in [-0.4, -0.2) is 17.6 Å². The van der Waals surface area contributed by atoms with Crippen LogP contribution in [0.2, 0.25) is 0 Å². The molecule has 2 rings (SSSR count). The molecule has 108 valence electrons. The van der Waals surface area contributed by atoms with Gasteiger partial charge in [0.05, 0.1) is 11.8 Å². The van der Waals surface area contributed by atoms with Crippen molar-refractivity contribution in [1.29, 1.82) is 0 Å². The van der Waals surface area contributed by atoms with Gasteiger partial charge in [-0.1, -0.05) is 0 Å². The molecule has 0 radical (unpaired) electrons. The summed E-state index contributed by atoms with van der Waals surface area (Å²) >= 11 is 0. The zero-order valence-electron chi connectivity index (χ0n) is 10.6. The molecule has 0 N–H and O–H groups in total. The van der Waals surface area contributed by atoms with E-state index < -0.39 is 23.4 Å². The second kappa shape index (κ2) is 5.74. The first-order chi connectivity index (χ1) is 9.91. The fourth-order valence-electron chi connectivity index (χ4n) is 1.60. The second-order valence-corrected chi connectivity index (χ2v) is 3.96. The van der Waals surface area contributed by atoms with Crippen molar-refractivity contribution in [3.63, 3.8) is 0 Å². The topological polar surface area (TPSA) is 51.5 Å². The van der Waals surface area contributed by atoms with Crippen LogP contribution in [0.4, 0.5) is 13.2 Å². The number of halogens is 3. The number of aromatic nitrogens is 1. The third-order valence-electron chi connectivity index (χ3n) is 2.54. The van der Waals surface area contributed by atoms with Gasteiger partial charge in [0, 0.05) is 11.8 Å². The number of hydrogen-bond donors (Lipinski definition) is 0. The number of alkyl halides is 3. The molecule has 0 aliphatic rings. The quantitative estimate of drug-likeness (QED) is 0.810. The minimum atomic E-state index is -4.67. The van der Waals surface area contributed by atoms with Gasteiger partial charge >= 0.3 is 6.18 Å². The average Bonchev–Trinajstić information content (AvgIpc) is 2.47. The van der Waals surface area contributed by atoms with Crippen molar-refractivity contribution in [2.24, 2.45) is 4.99 Å². The molecule has 2 aromatic rings. The Hall–Kier alpha value is -2.70. The van der Waals surface area contributed by atoms with Gasteiger partial charge in [-0.15, -0.1) is 0 Å². The minimum Gasteiger partial charge on any atom is -0.455 e. The van der Waals surface area contributed by atoms with Crippen molar-refractivity contribution in [3.05, 3.63) is 53.9 Å². The van der Waals surface area contributed by atoms with E-state index in [1.54, 1.807) is 0 Å². The maximum absolute atomic E-state index is 13.0. The fourth-order valence-corrected chi connectivity index (χ4v) is 1.60. The van der Waals surface area contributed by atoms with E-state index in [0.717, 1.165) is 6.07 Å². The standard InChI is InChI=1S/C14H9F3N2O2/c1-18-13(20)9-4-5-12(11(7-9)14(15,16)17)21-10-3-2-6-19-8-10/h2-8H,1H2. The molecular weight excluding hydrogens is 285 g/mol. The second-order valence-electron chi connectivity index (χ2n) is 3.96. The Bertz CT molecular complexity index is 670. The van der Waals surface area contributed by atoms with Crippen LogP contribution in [0.5, 0.6) is 11.5 Å². The molecule has 1 aromatic heterocycles. The van der Waals surface area contributed by atoms with Gasteiger partial charge in [-0.25, -0.2) is 4.99 Å². The van der Waals surface area contributed by atoms with Gasteiger partial charge < -0.3 is 4.74 Å². The summed E-state index contributed by atoms with van der Waals surface area (Å²) in [6, 6.07) is 5.94. The molecule has 0 saturated heterocycles. The highest BCUT2D eigenvalue weighted by Crippen LogP contribution is 2.38. The first-order valence-corrected chi connectivity index (χ1v) is 5.72. The number of nitrogens with zero attached hydrogens (tertiary/aromatic N) is 2. The highest BCUT2D eigenvalue weighted by atomic mass is 19.4.